The monoisotopic (exact) mass is 381 g/mol. The van der Waals surface area contributed by atoms with Gasteiger partial charge in [0.25, 0.3) is 0 Å². The van der Waals surface area contributed by atoms with Crippen LogP contribution in [0.15, 0.2) is 24.3 Å². The van der Waals surface area contributed by atoms with Crippen molar-refractivity contribution in [1.29, 1.82) is 0 Å². The minimum absolute atomic E-state index is 0.178. The van der Waals surface area contributed by atoms with Gasteiger partial charge in [-0.3, -0.25) is 4.79 Å². The highest BCUT2D eigenvalue weighted by molar-refractivity contribution is 5.77. The van der Waals surface area contributed by atoms with Gasteiger partial charge < -0.3 is 19.9 Å². The zero-order valence-electron chi connectivity index (χ0n) is 14.7. The molecular formula is C17H23F4NO4. The molecule has 1 amide bonds. The molecule has 1 aromatic rings. The first kappa shape index (κ1) is 22.2. The standard InChI is InChI=1S/C17H23F4NO4/c1-10(2)17(3,24)8-14(23)22-13(9-25-15(18)19)11-5-4-6-12(7-11)26-16(20)21/h4-7,10,13,15-16,24H,8-9H2,1-3H3,(H,22,23)/t13?,17-/m0/s1. The Labute approximate surface area is 149 Å². The number of ether oxygens (including phenoxy) is 2. The summed E-state index contributed by atoms with van der Waals surface area (Å²) in [5.74, 6) is -0.985. The number of halogens is 4. The van der Waals surface area contributed by atoms with Gasteiger partial charge in [0.15, 0.2) is 0 Å². The Hall–Kier alpha value is -1.87. The predicted molar refractivity (Wildman–Crippen MR) is 86.0 cm³/mol. The molecule has 0 saturated carbocycles. The molecule has 0 spiro atoms. The smallest absolute Gasteiger partial charge is 0.387 e. The maximum absolute atomic E-state index is 12.4. The molecule has 0 aliphatic heterocycles. The van der Waals surface area contributed by atoms with Crippen LogP contribution in [0.3, 0.4) is 0 Å². The quantitative estimate of drug-likeness (QED) is 0.609. The number of nitrogens with one attached hydrogen (secondary N) is 1. The molecule has 0 radical (unpaired) electrons. The molecule has 0 aliphatic carbocycles. The van der Waals surface area contributed by atoms with E-state index in [1.807, 2.05) is 0 Å². The van der Waals surface area contributed by atoms with Crippen molar-refractivity contribution in [2.75, 3.05) is 6.61 Å². The number of rotatable bonds is 10. The van der Waals surface area contributed by atoms with E-state index < -0.39 is 37.4 Å². The van der Waals surface area contributed by atoms with Gasteiger partial charge in [0, 0.05) is 0 Å². The number of amides is 1. The number of benzene rings is 1. The van der Waals surface area contributed by atoms with E-state index in [-0.39, 0.29) is 23.7 Å². The van der Waals surface area contributed by atoms with Gasteiger partial charge in [0.1, 0.15) is 5.75 Å². The van der Waals surface area contributed by atoms with Crippen molar-refractivity contribution in [3.8, 4) is 5.75 Å². The topological polar surface area (TPSA) is 67.8 Å². The zero-order chi connectivity index (χ0) is 19.9. The van der Waals surface area contributed by atoms with Crippen molar-refractivity contribution in [3.63, 3.8) is 0 Å². The minimum atomic E-state index is -3.06. The molecule has 0 bridgehead atoms. The lowest BCUT2D eigenvalue weighted by atomic mass is 9.89. The molecule has 5 nitrogen and oxygen atoms in total. The highest BCUT2D eigenvalue weighted by Gasteiger charge is 2.29. The number of carbonyl (C=O) groups is 1. The second-order valence-electron chi connectivity index (χ2n) is 6.35. The third-order valence-corrected chi connectivity index (χ3v) is 3.97. The van der Waals surface area contributed by atoms with Crippen molar-refractivity contribution in [2.24, 2.45) is 5.92 Å². The molecule has 0 heterocycles. The summed E-state index contributed by atoms with van der Waals surface area (Å²) >= 11 is 0. The van der Waals surface area contributed by atoms with Gasteiger partial charge in [0.05, 0.1) is 24.7 Å². The van der Waals surface area contributed by atoms with E-state index in [4.69, 9.17) is 0 Å². The van der Waals surface area contributed by atoms with Crippen molar-refractivity contribution in [1.82, 2.24) is 5.32 Å². The van der Waals surface area contributed by atoms with Crippen LogP contribution in [0.4, 0.5) is 17.6 Å². The summed E-state index contributed by atoms with van der Waals surface area (Å²) in [4.78, 5) is 12.2. The molecule has 0 aromatic heterocycles. The Bertz CT molecular complexity index is 582. The van der Waals surface area contributed by atoms with Crippen LogP contribution in [0.2, 0.25) is 0 Å². The lowest BCUT2D eigenvalue weighted by molar-refractivity contribution is -0.141. The Morgan fingerprint density at radius 3 is 2.42 bits per heavy atom. The molecule has 2 atom stereocenters. The van der Waals surface area contributed by atoms with E-state index in [1.165, 1.54) is 31.2 Å². The normalized spacial score (nSPS) is 15.2. The molecule has 1 aromatic carbocycles. The Morgan fingerprint density at radius 2 is 1.88 bits per heavy atom. The SMILES string of the molecule is CC(C)[C@@](C)(O)CC(=O)NC(COC(F)F)c1cccc(OC(F)F)c1. The molecule has 1 rings (SSSR count). The average Bonchev–Trinajstić information content (AvgIpc) is 2.50. The summed E-state index contributed by atoms with van der Waals surface area (Å²) in [5, 5.41) is 12.7. The van der Waals surface area contributed by atoms with E-state index in [0.717, 1.165) is 0 Å². The molecule has 1 unspecified atom stereocenters. The highest BCUT2D eigenvalue weighted by atomic mass is 19.3. The van der Waals surface area contributed by atoms with Gasteiger partial charge in [-0.2, -0.15) is 17.6 Å². The highest BCUT2D eigenvalue weighted by Crippen LogP contribution is 2.24. The van der Waals surface area contributed by atoms with E-state index in [0.29, 0.717) is 0 Å². The summed E-state index contributed by atoms with van der Waals surface area (Å²) < 4.78 is 58.0. The van der Waals surface area contributed by atoms with Gasteiger partial charge in [-0.05, 0) is 30.5 Å². The van der Waals surface area contributed by atoms with Crippen molar-refractivity contribution in [3.05, 3.63) is 29.8 Å². The summed E-state index contributed by atoms with van der Waals surface area (Å²) in [7, 11) is 0. The first-order valence-electron chi connectivity index (χ1n) is 7.97. The molecule has 9 heteroatoms. The van der Waals surface area contributed by atoms with Crippen LogP contribution in [0.25, 0.3) is 0 Å². The maximum Gasteiger partial charge on any atom is 0.387 e. The number of carbonyl (C=O) groups excluding carboxylic acids is 1. The molecule has 2 N–H and O–H groups in total. The molecule has 0 aliphatic rings. The summed E-state index contributed by atoms with van der Waals surface area (Å²) in [6, 6.07) is 4.29. The minimum Gasteiger partial charge on any atom is -0.435 e. The number of alkyl halides is 4. The first-order chi connectivity index (χ1) is 12.0. The van der Waals surface area contributed by atoms with E-state index in [9.17, 15) is 27.5 Å². The second-order valence-corrected chi connectivity index (χ2v) is 6.35. The fraction of sp³-hybridized carbons (Fsp3) is 0.588. The number of aliphatic hydroxyl groups is 1. The van der Waals surface area contributed by atoms with Crippen LogP contribution < -0.4 is 10.1 Å². The fourth-order valence-electron chi connectivity index (χ4n) is 2.07. The second kappa shape index (κ2) is 9.72. The number of hydrogen-bond donors (Lipinski definition) is 2. The van der Waals surface area contributed by atoms with E-state index >= 15 is 0 Å². The lowest BCUT2D eigenvalue weighted by Gasteiger charge is -2.28. The maximum atomic E-state index is 12.4. The van der Waals surface area contributed by atoms with Crippen LogP contribution >= 0.6 is 0 Å². The van der Waals surface area contributed by atoms with Crippen molar-refractivity contribution < 1.29 is 36.9 Å². The zero-order valence-corrected chi connectivity index (χ0v) is 14.7. The van der Waals surface area contributed by atoms with Gasteiger partial charge in [-0.1, -0.05) is 26.0 Å². The molecular weight excluding hydrogens is 358 g/mol. The van der Waals surface area contributed by atoms with Crippen LogP contribution in [-0.4, -0.2) is 36.4 Å². The molecule has 26 heavy (non-hydrogen) atoms. The fourth-order valence-corrected chi connectivity index (χ4v) is 2.07. The van der Waals surface area contributed by atoms with Crippen LogP contribution in [0.1, 0.15) is 38.8 Å². The van der Waals surface area contributed by atoms with Gasteiger partial charge >= 0.3 is 13.2 Å². The van der Waals surface area contributed by atoms with Crippen molar-refractivity contribution >= 4 is 5.91 Å². The Balaban J connectivity index is 2.93. The van der Waals surface area contributed by atoms with Gasteiger partial charge in [-0.25, -0.2) is 0 Å². The summed E-state index contributed by atoms with van der Waals surface area (Å²) in [6.45, 7) is -1.74. The molecule has 0 fully saturated rings. The lowest BCUT2D eigenvalue weighted by Crippen LogP contribution is -2.40. The molecule has 0 saturated heterocycles. The Kier molecular flexibility index (Phi) is 8.29. The van der Waals surface area contributed by atoms with Crippen molar-refractivity contribution in [2.45, 2.75) is 52.1 Å². The van der Waals surface area contributed by atoms with Crippen LogP contribution in [0.5, 0.6) is 5.75 Å². The average molecular weight is 381 g/mol. The third-order valence-electron chi connectivity index (χ3n) is 3.97. The van der Waals surface area contributed by atoms with Gasteiger partial charge in [0.2, 0.25) is 5.91 Å². The van der Waals surface area contributed by atoms with Crippen LogP contribution in [-0.2, 0) is 9.53 Å². The molecule has 148 valence electrons. The third kappa shape index (κ3) is 7.57. The van der Waals surface area contributed by atoms with E-state index in [1.54, 1.807) is 13.8 Å². The van der Waals surface area contributed by atoms with Crippen LogP contribution in [0, 0.1) is 5.92 Å². The van der Waals surface area contributed by atoms with E-state index in [2.05, 4.69) is 14.8 Å². The first-order valence-corrected chi connectivity index (χ1v) is 7.97. The largest absolute Gasteiger partial charge is 0.435 e. The predicted octanol–water partition coefficient (Wildman–Crippen LogP) is 3.48. The number of hydrogen-bond acceptors (Lipinski definition) is 4. The summed E-state index contributed by atoms with van der Waals surface area (Å²) in [5.41, 5.74) is -1.04. The summed E-state index contributed by atoms with van der Waals surface area (Å²) in [6.07, 6.45) is -0.261. The van der Waals surface area contributed by atoms with Gasteiger partial charge in [-0.15, -0.1) is 0 Å². The Morgan fingerprint density at radius 1 is 1.23 bits per heavy atom.